The number of nitrogens with one attached hydrogen (secondary N) is 1. The molecular formula is C51H97N2O6P. The molecule has 0 aromatic heterocycles. The number of aliphatic hydroxyl groups excluding tert-OH is 1. The first-order chi connectivity index (χ1) is 29.0. The number of aliphatic hydroxyl groups is 1. The van der Waals surface area contributed by atoms with E-state index in [0.717, 1.165) is 44.9 Å². The molecule has 0 radical (unpaired) electrons. The lowest BCUT2D eigenvalue weighted by molar-refractivity contribution is -0.870. The van der Waals surface area contributed by atoms with Gasteiger partial charge in [-0.25, -0.2) is 0 Å². The molecule has 0 aliphatic carbocycles. The van der Waals surface area contributed by atoms with Crippen LogP contribution in [-0.4, -0.2) is 68.5 Å². The van der Waals surface area contributed by atoms with Gasteiger partial charge in [0, 0.05) is 6.42 Å². The van der Waals surface area contributed by atoms with Gasteiger partial charge in [0.15, 0.2) is 0 Å². The summed E-state index contributed by atoms with van der Waals surface area (Å²) in [5.74, 6) is -0.211. The molecule has 60 heavy (non-hydrogen) atoms. The Labute approximate surface area is 371 Å². The molecular weight excluding hydrogens is 768 g/mol. The predicted octanol–water partition coefficient (Wildman–Crippen LogP) is 13.8. The molecule has 3 unspecified atom stereocenters. The molecule has 0 aromatic rings. The summed E-state index contributed by atoms with van der Waals surface area (Å²) in [6.07, 6.45) is 54.8. The number of carbonyl (C=O) groups excluding carboxylic acids is 1. The summed E-state index contributed by atoms with van der Waals surface area (Å²) in [6.45, 7) is 4.57. The van der Waals surface area contributed by atoms with Crippen molar-refractivity contribution in [3.63, 3.8) is 0 Å². The van der Waals surface area contributed by atoms with Gasteiger partial charge in [0.25, 0.3) is 7.82 Å². The molecule has 1 amide bonds. The van der Waals surface area contributed by atoms with Gasteiger partial charge in [-0.15, -0.1) is 0 Å². The number of allylic oxidation sites excluding steroid dienone is 7. The van der Waals surface area contributed by atoms with Gasteiger partial charge in [-0.05, 0) is 64.2 Å². The Morgan fingerprint density at radius 2 is 0.983 bits per heavy atom. The van der Waals surface area contributed by atoms with E-state index >= 15 is 0 Å². The number of amides is 1. The first kappa shape index (κ1) is 58.5. The fraction of sp³-hybridized carbons (Fsp3) is 0.824. The van der Waals surface area contributed by atoms with Gasteiger partial charge in [-0.1, -0.05) is 197 Å². The summed E-state index contributed by atoms with van der Waals surface area (Å²) in [6, 6.07) is -0.902. The average Bonchev–Trinajstić information content (AvgIpc) is 3.20. The van der Waals surface area contributed by atoms with Gasteiger partial charge in [0.05, 0.1) is 39.9 Å². The average molecular weight is 865 g/mol. The molecule has 0 heterocycles. The molecule has 3 atom stereocenters. The Hall–Kier alpha value is -1.54. The van der Waals surface area contributed by atoms with Crippen LogP contribution in [0.1, 0.15) is 219 Å². The van der Waals surface area contributed by atoms with Crippen molar-refractivity contribution in [2.45, 2.75) is 231 Å². The largest absolute Gasteiger partial charge is 0.756 e. The minimum atomic E-state index is -4.59. The summed E-state index contributed by atoms with van der Waals surface area (Å²) < 4.78 is 23.1. The number of nitrogens with zero attached hydrogens (tertiary/aromatic N) is 1. The van der Waals surface area contributed by atoms with Gasteiger partial charge in [-0.2, -0.15) is 0 Å². The van der Waals surface area contributed by atoms with E-state index < -0.39 is 26.6 Å². The minimum Gasteiger partial charge on any atom is -0.756 e. The lowest BCUT2D eigenvalue weighted by Crippen LogP contribution is -2.45. The van der Waals surface area contributed by atoms with Crippen LogP contribution in [-0.2, 0) is 18.4 Å². The smallest absolute Gasteiger partial charge is 0.268 e. The molecule has 0 bridgehead atoms. The van der Waals surface area contributed by atoms with E-state index in [2.05, 4.69) is 55.6 Å². The van der Waals surface area contributed by atoms with Crippen molar-refractivity contribution in [2.75, 3.05) is 40.9 Å². The van der Waals surface area contributed by atoms with Gasteiger partial charge in [0.1, 0.15) is 13.2 Å². The van der Waals surface area contributed by atoms with Crippen molar-refractivity contribution in [3.05, 3.63) is 48.6 Å². The third-order valence-electron chi connectivity index (χ3n) is 11.0. The number of carbonyl (C=O) groups is 1. The molecule has 9 heteroatoms. The van der Waals surface area contributed by atoms with Crippen molar-refractivity contribution in [1.29, 1.82) is 0 Å². The van der Waals surface area contributed by atoms with Crippen molar-refractivity contribution in [3.8, 4) is 0 Å². The van der Waals surface area contributed by atoms with Crippen molar-refractivity contribution < 1.29 is 32.9 Å². The Bertz CT molecular complexity index is 1120. The fourth-order valence-electron chi connectivity index (χ4n) is 7.02. The van der Waals surface area contributed by atoms with Crippen molar-refractivity contribution in [1.82, 2.24) is 5.32 Å². The molecule has 0 rings (SSSR count). The second kappa shape index (κ2) is 42.7. The van der Waals surface area contributed by atoms with E-state index in [1.807, 2.05) is 27.2 Å². The number of hydrogen-bond acceptors (Lipinski definition) is 6. The van der Waals surface area contributed by atoms with Crippen LogP contribution in [0.3, 0.4) is 0 Å². The molecule has 0 aliphatic rings. The van der Waals surface area contributed by atoms with Crippen molar-refractivity contribution in [2.24, 2.45) is 0 Å². The number of unbranched alkanes of at least 4 members (excludes halogenated alkanes) is 26. The molecule has 0 saturated carbocycles. The van der Waals surface area contributed by atoms with E-state index in [0.29, 0.717) is 17.4 Å². The summed E-state index contributed by atoms with van der Waals surface area (Å²) in [5, 5.41) is 13.7. The highest BCUT2D eigenvalue weighted by Gasteiger charge is 2.23. The number of rotatable bonds is 45. The molecule has 0 aliphatic heterocycles. The van der Waals surface area contributed by atoms with Crippen LogP contribution in [0, 0.1) is 0 Å². The van der Waals surface area contributed by atoms with Crippen LogP contribution < -0.4 is 10.2 Å². The van der Waals surface area contributed by atoms with E-state index in [4.69, 9.17) is 9.05 Å². The summed E-state index contributed by atoms with van der Waals surface area (Å²) in [5.41, 5.74) is 0. The van der Waals surface area contributed by atoms with E-state index in [-0.39, 0.29) is 12.5 Å². The highest BCUT2D eigenvalue weighted by Crippen LogP contribution is 2.38. The first-order valence-electron chi connectivity index (χ1n) is 25.0. The zero-order chi connectivity index (χ0) is 44.3. The molecule has 0 spiro atoms. The highest BCUT2D eigenvalue weighted by molar-refractivity contribution is 7.45. The summed E-state index contributed by atoms with van der Waals surface area (Å²) >= 11 is 0. The molecule has 8 nitrogen and oxygen atoms in total. The number of hydrogen-bond donors (Lipinski definition) is 2. The molecule has 0 aromatic carbocycles. The summed E-state index contributed by atoms with van der Waals surface area (Å²) in [7, 11) is 1.24. The SMILES string of the molecule is CCCCC/C=C/CC/C=C/C(O)C(COP(=O)([O-])OCC[N+](C)(C)C)NC(=O)CCCCCCCCCCCCCCC/C=C\C/C=C\CCCCCCCCCCC. The predicted molar refractivity (Wildman–Crippen MR) is 256 cm³/mol. The fourth-order valence-corrected chi connectivity index (χ4v) is 7.74. The quantitative estimate of drug-likeness (QED) is 0.0273. The number of likely N-dealkylation sites (N-methyl/N-ethyl adjacent to an activating group) is 1. The second-order valence-electron chi connectivity index (χ2n) is 18.2. The lowest BCUT2D eigenvalue weighted by Gasteiger charge is -2.29. The number of quaternary nitrogens is 1. The summed E-state index contributed by atoms with van der Waals surface area (Å²) in [4.78, 5) is 25.3. The van der Waals surface area contributed by atoms with Crippen LogP contribution in [0.15, 0.2) is 48.6 Å². The van der Waals surface area contributed by atoms with Crippen molar-refractivity contribution >= 4 is 13.7 Å². The third-order valence-corrected chi connectivity index (χ3v) is 12.0. The van der Waals surface area contributed by atoms with Crippen LogP contribution in [0.5, 0.6) is 0 Å². The lowest BCUT2D eigenvalue weighted by atomic mass is 10.0. The first-order valence-corrected chi connectivity index (χ1v) is 26.5. The van der Waals surface area contributed by atoms with Gasteiger partial charge < -0.3 is 28.8 Å². The minimum absolute atomic E-state index is 0.00756. The maximum atomic E-state index is 12.8. The maximum absolute atomic E-state index is 12.8. The number of phosphoric ester groups is 1. The van der Waals surface area contributed by atoms with E-state index in [1.54, 1.807) is 6.08 Å². The highest BCUT2D eigenvalue weighted by atomic mass is 31.2. The zero-order valence-corrected chi connectivity index (χ0v) is 40.8. The number of phosphoric acid groups is 1. The van der Waals surface area contributed by atoms with Crippen LogP contribution >= 0.6 is 7.82 Å². The van der Waals surface area contributed by atoms with Crippen LogP contribution in [0.2, 0.25) is 0 Å². The second-order valence-corrected chi connectivity index (χ2v) is 19.6. The normalized spacial score (nSPS) is 14.6. The topological polar surface area (TPSA) is 108 Å². The Balaban J connectivity index is 4.06. The molecule has 2 N–H and O–H groups in total. The standard InChI is InChI=1S/C51H97N2O6P/c1-6-8-10-12-14-16-17-18-19-20-21-22-23-24-25-26-27-28-29-30-31-32-33-34-35-37-39-41-43-45-51(55)52-49(48-59-60(56,57)58-47-46-53(3,4)5)50(54)44-42-40-38-36-15-13-11-9-7-2/h15,21-22,24-25,36,42,44,49-50,54H,6-14,16-20,23,26-35,37-41,43,45-48H2,1-5H3,(H-,52,55,56,57)/b22-21-,25-24-,36-15+,44-42+. The van der Waals surface area contributed by atoms with E-state index in [9.17, 15) is 19.4 Å². The maximum Gasteiger partial charge on any atom is 0.268 e. The van der Waals surface area contributed by atoms with E-state index in [1.165, 1.54) is 154 Å². The third kappa shape index (κ3) is 44.5. The van der Waals surface area contributed by atoms with Gasteiger partial charge >= 0.3 is 0 Å². The Kier molecular flexibility index (Phi) is 41.6. The molecule has 0 saturated heterocycles. The Morgan fingerprint density at radius 3 is 1.48 bits per heavy atom. The van der Waals surface area contributed by atoms with Gasteiger partial charge in [-0.3, -0.25) is 9.36 Å². The van der Waals surface area contributed by atoms with Crippen LogP contribution in [0.4, 0.5) is 0 Å². The Morgan fingerprint density at radius 1 is 0.583 bits per heavy atom. The van der Waals surface area contributed by atoms with Crippen LogP contribution in [0.25, 0.3) is 0 Å². The molecule has 352 valence electrons. The monoisotopic (exact) mass is 865 g/mol. The zero-order valence-electron chi connectivity index (χ0n) is 39.9. The molecule has 0 fully saturated rings. The van der Waals surface area contributed by atoms with Gasteiger partial charge in [0.2, 0.25) is 5.91 Å².